The monoisotopic (exact) mass is 490 g/mol. The van der Waals surface area contributed by atoms with Gasteiger partial charge in [-0.05, 0) is 36.8 Å². The van der Waals surface area contributed by atoms with Crippen molar-refractivity contribution in [3.63, 3.8) is 0 Å². The zero-order valence-electron chi connectivity index (χ0n) is 16.8. The van der Waals surface area contributed by atoms with E-state index in [1.54, 1.807) is 54.3 Å². The minimum absolute atomic E-state index is 0.0818. The zero-order valence-corrected chi connectivity index (χ0v) is 19.1. The second-order valence-corrected chi connectivity index (χ2v) is 8.14. The Balaban J connectivity index is 1.43. The Bertz CT molecular complexity index is 1270. The Kier molecular flexibility index (Phi) is 6.69. The first kappa shape index (κ1) is 22.2. The number of nitrogens with zero attached hydrogens (tertiary/aromatic N) is 3. The summed E-state index contributed by atoms with van der Waals surface area (Å²) >= 11 is 18.1. The largest absolute Gasteiger partial charge is 0.487 e. The molecule has 1 N–H and O–H groups in total. The van der Waals surface area contributed by atoms with Gasteiger partial charge in [-0.15, -0.1) is 0 Å². The van der Waals surface area contributed by atoms with Crippen molar-refractivity contribution in [2.24, 2.45) is 0 Å². The number of ether oxygens (including phenoxy) is 1. The molecule has 4 rings (SSSR count). The van der Waals surface area contributed by atoms with Crippen LogP contribution in [0.3, 0.4) is 0 Å². The van der Waals surface area contributed by atoms with Gasteiger partial charge in [0.15, 0.2) is 5.69 Å². The maximum atomic E-state index is 12.8. The number of nitrogens with one attached hydrogen (secondary N) is 1. The van der Waals surface area contributed by atoms with Crippen molar-refractivity contribution >= 4 is 46.4 Å². The molecule has 0 saturated carbocycles. The molecule has 0 fully saturated rings. The van der Waals surface area contributed by atoms with Crippen LogP contribution in [0.25, 0.3) is 0 Å². The van der Waals surface area contributed by atoms with Crippen LogP contribution in [-0.4, -0.2) is 20.8 Å². The smallest absolute Gasteiger partial charge is 0.278 e. The van der Waals surface area contributed by atoms with Crippen LogP contribution in [0.15, 0.2) is 59.4 Å². The Hall–Kier alpha value is -3.00. The molecule has 4 aromatic rings. The summed E-state index contributed by atoms with van der Waals surface area (Å²) in [7, 11) is 0. The fourth-order valence-corrected chi connectivity index (χ4v) is 3.49. The number of rotatable bonds is 7. The third-order valence-electron chi connectivity index (χ3n) is 4.63. The van der Waals surface area contributed by atoms with E-state index in [1.807, 2.05) is 12.1 Å². The zero-order chi connectivity index (χ0) is 22.7. The van der Waals surface area contributed by atoms with Crippen LogP contribution in [0.4, 0.5) is 5.69 Å². The van der Waals surface area contributed by atoms with Crippen LogP contribution in [-0.2, 0) is 13.2 Å². The van der Waals surface area contributed by atoms with Crippen molar-refractivity contribution in [1.29, 1.82) is 0 Å². The van der Waals surface area contributed by atoms with Crippen LogP contribution in [0.1, 0.15) is 27.4 Å². The minimum Gasteiger partial charge on any atom is -0.487 e. The number of hydrogen-bond donors (Lipinski definition) is 1. The van der Waals surface area contributed by atoms with E-state index in [4.69, 9.17) is 44.1 Å². The van der Waals surface area contributed by atoms with E-state index in [-0.39, 0.29) is 12.3 Å². The number of para-hydroxylation sites is 1. The summed E-state index contributed by atoms with van der Waals surface area (Å²) in [6.45, 7) is 2.26. The van der Waals surface area contributed by atoms with Crippen molar-refractivity contribution in [3.8, 4) is 5.75 Å². The van der Waals surface area contributed by atoms with Gasteiger partial charge in [-0.3, -0.25) is 9.48 Å². The second-order valence-electron chi connectivity index (χ2n) is 6.91. The predicted octanol–water partition coefficient (Wildman–Crippen LogP) is 6.02. The summed E-state index contributed by atoms with van der Waals surface area (Å²) in [5.41, 5.74) is 2.10. The highest BCUT2D eigenvalue weighted by Crippen LogP contribution is 2.26. The van der Waals surface area contributed by atoms with Crippen LogP contribution in [0, 0.1) is 6.92 Å². The lowest BCUT2D eigenvalue weighted by atomic mass is 10.2. The van der Waals surface area contributed by atoms with Crippen LogP contribution >= 0.6 is 34.8 Å². The highest BCUT2D eigenvalue weighted by molar-refractivity contribution is 6.42. The number of carbonyl (C=O) groups is 1. The third kappa shape index (κ3) is 5.07. The first-order valence-electron chi connectivity index (χ1n) is 9.51. The lowest BCUT2D eigenvalue weighted by molar-refractivity contribution is 0.101. The van der Waals surface area contributed by atoms with Crippen LogP contribution in [0.5, 0.6) is 5.75 Å². The molecule has 164 valence electrons. The molecule has 0 saturated heterocycles. The fraction of sp³-hybridized carbons (Fsp3) is 0.136. The molecule has 2 aromatic carbocycles. The van der Waals surface area contributed by atoms with Gasteiger partial charge in [0.2, 0.25) is 0 Å². The number of benzene rings is 2. The molecular weight excluding hydrogens is 475 g/mol. The third-order valence-corrected chi connectivity index (χ3v) is 5.68. The molecule has 0 atom stereocenters. The standard InChI is InChI=1S/C22H17Cl3N4O3/c1-13-16(12-31-20-5-3-2-4-18(20)24)21(28-32-13)22(30)27-15-9-26-29(11-15)10-14-6-7-17(23)19(25)8-14/h2-9,11H,10,12H2,1H3,(H,27,30). The quantitative estimate of drug-likeness (QED) is 0.342. The van der Waals surface area contributed by atoms with Crippen LogP contribution in [0.2, 0.25) is 15.1 Å². The molecule has 7 nitrogen and oxygen atoms in total. The number of hydrogen-bond acceptors (Lipinski definition) is 5. The summed E-state index contributed by atoms with van der Waals surface area (Å²) < 4.78 is 12.6. The normalized spacial score (nSPS) is 10.9. The lowest BCUT2D eigenvalue weighted by Crippen LogP contribution is -2.15. The number of carbonyl (C=O) groups excluding carboxylic acids is 1. The van der Waals surface area contributed by atoms with Gasteiger partial charge in [0.05, 0.1) is 39.1 Å². The SMILES string of the molecule is Cc1onc(C(=O)Nc2cnn(Cc3ccc(Cl)c(Cl)c3)c2)c1COc1ccccc1Cl. The first-order chi connectivity index (χ1) is 15.4. The molecule has 0 aliphatic rings. The molecule has 0 unspecified atom stereocenters. The average molecular weight is 492 g/mol. The number of aryl methyl sites for hydroxylation is 1. The number of aromatic nitrogens is 3. The van der Waals surface area contributed by atoms with Crippen molar-refractivity contribution in [3.05, 3.63) is 92.5 Å². The molecule has 2 heterocycles. The second kappa shape index (κ2) is 9.65. The Morgan fingerprint density at radius 1 is 1.12 bits per heavy atom. The van der Waals surface area contributed by atoms with Gasteiger partial charge >= 0.3 is 0 Å². The maximum Gasteiger partial charge on any atom is 0.278 e. The van der Waals surface area contributed by atoms with Gasteiger partial charge in [0.1, 0.15) is 18.1 Å². The maximum absolute atomic E-state index is 12.8. The summed E-state index contributed by atoms with van der Waals surface area (Å²) in [5.74, 6) is 0.552. The van der Waals surface area contributed by atoms with Gasteiger partial charge < -0.3 is 14.6 Å². The van der Waals surface area contributed by atoms with E-state index in [2.05, 4.69) is 15.6 Å². The molecule has 0 bridgehead atoms. The number of anilines is 1. The molecule has 2 aromatic heterocycles. The number of amides is 1. The molecular formula is C22H17Cl3N4O3. The summed E-state index contributed by atoms with van der Waals surface area (Å²) in [4.78, 5) is 12.8. The molecule has 1 amide bonds. The van der Waals surface area contributed by atoms with Gasteiger partial charge in [-0.25, -0.2) is 0 Å². The highest BCUT2D eigenvalue weighted by atomic mass is 35.5. The molecule has 0 spiro atoms. The van der Waals surface area contributed by atoms with E-state index in [0.29, 0.717) is 44.4 Å². The van der Waals surface area contributed by atoms with Gasteiger partial charge in [-0.1, -0.05) is 58.2 Å². The Labute approximate surface area is 198 Å². The fourth-order valence-electron chi connectivity index (χ4n) is 2.98. The number of halogens is 3. The van der Waals surface area contributed by atoms with Gasteiger partial charge in [0.25, 0.3) is 5.91 Å². The first-order valence-corrected chi connectivity index (χ1v) is 10.6. The molecule has 0 aliphatic carbocycles. The molecule has 10 heteroatoms. The summed E-state index contributed by atoms with van der Waals surface area (Å²) in [6.07, 6.45) is 3.25. The van der Waals surface area contributed by atoms with E-state index < -0.39 is 5.91 Å². The van der Waals surface area contributed by atoms with E-state index in [9.17, 15) is 4.79 Å². The van der Waals surface area contributed by atoms with Gasteiger partial charge in [0, 0.05) is 6.20 Å². The molecule has 0 aliphatic heterocycles. The van der Waals surface area contributed by atoms with Gasteiger partial charge in [-0.2, -0.15) is 5.10 Å². The summed E-state index contributed by atoms with van der Waals surface area (Å²) in [6, 6.07) is 12.4. The molecule has 0 radical (unpaired) electrons. The topological polar surface area (TPSA) is 82.2 Å². The minimum atomic E-state index is -0.436. The van der Waals surface area contributed by atoms with Crippen molar-refractivity contribution < 1.29 is 14.1 Å². The predicted molar refractivity (Wildman–Crippen MR) is 123 cm³/mol. The lowest BCUT2D eigenvalue weighted by Gasteiger charge is -2.08. The van der Waals surface area contributed by atoms with E-state index in [1.165, 1.54) is 0 Å². The highest BCUT2D eigenvalue weighted by Gasteiger charge is 2.21. The van der Waals surface area contributed by atoms with E-state index in [0.717, 1.165) is 5.56 Å². The van der Waals surface area contributed by atoms with Crippen molar-refractivity contribution in [2.75, 3.05) is 5.32 Å². The average Bonchev–Trinajstić information content (AvgIpc) is 3.36. The Morgan fingerprint density at radius 3 is 2.72 bits per heavy atom. The van der Waals surface area contributed by atoms with Crippen molar-refractivity contribution in [2.45, 2.75) is 20.1 Å². The van der Waals surface area contributed by atoms with Crippen molar-refractivity contribution in [1.82, 2.24) is 14.9 Å². The van der Waals surface area contributed by atoms with E-state index >= 15 is 0 Å². The molecule has 32 heavy (non-hydrogen) atoms. The van der Waals surface area contributed by atoms with Crippen LogP contribution < -0.4 is 10.1 Å². The summed E-state index contributed by atoms with van der Waals surface area (Å²) in [5, 5.41) is 12.4. The Morgan fingerprint density at radius 2 is 1.94 bits per heavy atom.